The minimum Gasteiger partial charge on any atom is -0.521 e. The van der Waals surface area contributed by atoms with Crippen molar-refractivity contribution in [1.29, 1.82) is 0 Å². The van der Waals surface area contributed by atoms with E-state index in [-0.39, 0.29) is 0 Å². The molecular formula is C6H9Cl2OSi. The van der Waals surface area contributed by atoms with Crippen molar-refractivity contribution in [2.45, 2.75) is 25.7 Å². The molecule has 0 N–H and O–H groups in total. The second-order valence-corrected chi connectivity index (χ2v) is 5.54. The van der Waals surface area contributed by atoms with Gasteiger partial charge in [0.1, 0.15) is 0 Å². The molecule has 1 aliphatic carbocycles. The van der Waals surface area contributed by atoms with Crippen molar-refractivity contribution < 1.29 is 4.43 Å². The predicted octanol–water partition coefficient (Wildman–Crippen LogP) is 2.92. The molecule has 1 aliphatic rings. The first-order valence-corrected chi connectivity index (χ1v) is 6.77. The van der Waals surface area contributed by atoms with Crippen LogP contribution in [-0.4, -0.2) is 7.66 Å². The molecule has 0 heterocycles. The first-order chi connectivity index (χ1) is 4.79. The number of hydrogen-bond donors (Lipinski definition) is 0. The zero-order valence-corrected chi connectivity index (χ0v) is 8.08. The monoisotopic (exact) mass is 195 g/mol. The molecule has 0 atom stereocenters. The van der Waals surface area contributed by atoms with Crippen molar-refractivity contribution in [3.05, 3.63) is 11.8 Å². The first kappa shape index (κ1) is 8.43. The van der Waals surface area contributed by atoms with E-state index in [0.29, 0.717) is 0 Å². The third-order valence-corrected chi connectivity index (χ3v) is 2.34. The molecule has 0 aromatic heterocycles. The summed E-state index contributed by atoms with van der Waals surface area (Å²) < 4.78 is 5.18. The van der Waals surface area contributed by atoms with Crippen LogP contribution in [0.2, 0.25) is 0 Å². The number of halogens is 2. The second kappa shape index (κ2) is 4.26. The maximum atomic E-state index is 5.52. The highest BCUT2D eigenvalue weighted by atomic mass is 35.7. The van der Waals surface area contributed by atoms with Gasteiger partial charge in [0.05, 0.1) is 5.76 Å². The molecule has 57 valence electrons. The zero-order chi connectivity index (χ0) is 7.40. The van der Waals surface area contributed by atoms with E-state index in [9.17, 15) is 0 Å². The topological polar surface area (TPSA) is 9.23 Å². The van der Waals surface area contributed by atoms with Gasteiger partial charge in [-0.25, -0.2) is 0 Å². The Bertz CT molecular complexity index is 136. The molecule has 0 amide bonds. The lowest BCUT2D eigenvalue weighted by atomic mass is 10.1. The summed E-state index contributed by atoms with van der Waals surface area (Å²) in [7, 11) is -1.56. The van der Waals surface area contributed by atoms with E-state index in [2.05, 4.69) is 6.08 Å². The molecule has 4 heteroatoms. The van der Waals surface area contributed by atoms with E-state index in [1.165, 1.54) is 12.8 Å². The van der Waals surface area contributed by atoms with Gasteiger partial charge in [-0.15, -0.1) is 0 Å². The zero-order valence-electron chi connectivity index (χ0n) is 5.57. The fraction of sp³-hybridized carbons (Fsp3) is 0.667. The summed E-state index contributed by atoms with van der Waals surface area (Å²) in [4.78, 5) is 0. The third-order valence-electron chi connectivity index (χ3n) is 1.46. The van der Waals surface area contributed by atoms with Crippen LogP contribution < -0.4 is 0 Å². The molecule has 1 nitrogen and oxygen atoms in total. The first-order valence-electron chi connectivity index (χ1n) is 3.34. The Morgan fingerprint density at radius 3 is 2.70 bits per heavy atom. The van der Waals surface area contributed by atoms with Crippen LogP contribution in [0.15, 0.2) is 11.8 Å². The number of allylic oxidation sites excluding steroid dienone is 2. The van der Waals surface area contributed by atoms with Crippen LogP contribution in [0, 0.1) is 0 Å². The van der Waals surface area contributed by atoms with Gasteiger partial charge in [0.2, 0.25) is 0 Å². The Balaban J connectivity index is 2.31. The second-order valence-electron chi connectivity index (χ2n) is 2.24. The highest BCUT2D eigenvalue weighted by Crippen LogP contribution is 2.20. The maximum absolute atomic E-state index is 5.52. The van der Waals surface area contributed by atoms with Crippen molar-refractivity contribution in [3.8, 4) is 0 Å². The van der Waals surface area contributed by atoms with Gasteiger partial charge in [-0.2, -0.15) is 0 Å². The molecule has 0 spiro atoms. The van der Waals surface area contributed by atoms with Crippen LogP contribution in [0.5, 0.6) is 0 Å². The van der Waals surface area contributed by atoms with E-state index >= 15 is 0 Å². The van der Waals surface area contributed by atoms with E-state index in [4.69, 9.17) is 26.6 Å². The molecule has 0 aromatic rings. The van der Waals surface area contributed by atoms with Crippen LogP contribution in [0.1, 0.15) is 25.7 Å². The quantitative estimate of drug-likeness (QED) is 0.487. The molecule has 0 saturated heterocycles. The lowest BCUT2D eigenvalue weighted by molar-refractivity contribution is 0.409. The van der Waals surface area contributed by atoms with E-state index in [1.54, 1.807) is 0 Å². The Morgan fingerprint density at radius 2 is 2.20 bits per heavy atom. The van der Waals surface area contributed by atoms with Crippen molar-refractivity contribution in [3.63, 3.8) is 0 Å². The summed E-state index contributed by atoms with van der Waals surface area (Å²) in [5.74, 6) is 0.991. The molecule has 0 aromatic carbocycles. The van der Waals surface area contributed by atoms with Crippen LogP contribution >= 0.6 is 22.2 Å². The molecule has 0 bridgehead atoms. The number of hydrogen-bond acceptors (Lipinski definition) is 1. The van der Waals surface area contributed by atoms with Crippen LogP contribution in [0.4, 0.5) is 0 Å². The average molecular weight is 196 g/mol. The molecular weight excluding hydrogens is 187 g/mol. The standard InChI is InChI=1S/C6H9Cl2OSi/c7-10(8)9-6-4-2-1-3-5-6/h4H,1-3,5H2. The van der Waals surface area contributed by atoms with Crippen LogP contribution in [0.25, 0.3) is 0 Å². The van der Waals surface area contributed by atoms with E-state index in [1.807, 2.05) is 0 Å². The van der Waals surface area contributed by atoms with E-state index in [0.717, 1.165) is 18.6 Å². The average Bonchev–Trinajstić information content (AvgIpc) is 1.88. The molecule has 1 rings (SSSR count). The smallest absolute Gasteiger partial charge is 0.511 e. The minimum atomic E-state index is -1.56. The van der Waals surface area contributed by atoms with Crippen LogP contribution in [0.3, 0.4) is 0 Å². The highest BCUT2D eigenvalue weighted by molar-refractivity contribution is 7.30. The van der Waals surface area contributed by atoms with Gasteiger partial charge in [0.25, 0.3) is 0 Å². The molecule has 0 aliphatic heterocycles. The van der Waals surface area contributed by atoms with Crippen molar-refractivity contribution in [2.24, 2.45) is 0 Å². The predicted molar refractivity (Wildman–Crippen MR) is 45.1 cm³/mol. The molecule has 0 unspecified atom stereocenters. The van der Waals surface area contributed by atoms with Gasteiger partial charge in [-0.05, 0) is 25.3 Å². The molecule has 1 radical (unpaired) electrons. The molecule has 0 fully saturated rings. The van der Waals surface area contributed by atoms with Crippen molar-refractivity contribution >= 4 is 29.8 Å². The largest absolute Gasteiger partial charge is 0.521 e. The van der Waals surface area contributed by atoms with Gasteiger partial charge in [-0.1, -0.05) is 22.2 Å². The summed E-state index contributed by atoms with van der Waals surface area (Å²) in [6.45, 7) is 0. The lowest BCUT2D eigenvalue weighted by Crippen LogP contribution is -2.04. The Morgan fingerprint density at radius 1 is 1.40 bits per heavy atom. The normalized spacial score (nSPS) is 18.9. The molecule has 10 heavy (non-hydrogen) atoms. The molecule has 0 saturated carbocycles. The van der Waals surface area contributed by atoms with Gasteiger partial charge in [0.15, 0.2) is 0 Å². The summed E-state index contributed by atoms with van der Waals surface area (Å²) in [6, 6.07) is 0. The highest BCUT2D eigenvalue weighted by Gasteiger charge is 2.11. The summed E-state index contributed by atoms with van der Waals surface area (Å²) >= 11 is 11.0. The van der Waals surface area contributed by atoms with E-state index < -0.39 is 7.66 Å². The minimum absolute atomic E-state index is 0.991. The van der Waals surface area contributed by atoms with Gasteiger partial charge < -0.3 is 4.43 Å². The summed E-state index contributed by atoms with van der Waals surface area (Å²) in [5.41, 5.74) is 0. The lowest BCUT2D eigenvalue weighted by Gasteiger charge is -2.13. The SMILES string of the molecule is Cl[Si](Cl)OC1=CCCCC1. The number of rotatable bonds is 2. The van der Waals surface area contributed by atoms with Gasteiger partial charge in [-0.3, -0.25) is 0 Å². The summed E-state index contributed by atoms with van der Waals surface area (Å²) in [6.07, 6.45) is 6.67. The Labute approximate surface area is 72.1 Å². The van der Waals surface area contributed by atoms with Crippen molar-refractivity contribution in [2.75, 3.05) is 0 Å². The fourth-order valence-electron chi connectivity index (χ4n) is 1.00. The third kappa shape index (κ3) is 2.95. The fourth-order valence-corrected chi connectivity index (χ4v) is 1.98. The van der Waals surface area contributed by atoms with Gasteiger partial charge >= 0.3 is 7.66 Å². The Kier molecular flexibility index (Phi) is 3.60. The van der Waals surface area contributed by atoms with Gasteiger partial charge in [0, 0.05) is 6.42 Å². The maximum Gasteiger partial charge on any atom is 0.511 e. The van der Waals surface area contributed by atoms with Crippen LogP contribution in [-0.2, 0) is 4.43 Å². The van der Waals surface area contributed by atoms with Crippen molar-refractivity contribution in [1.82, 2.24) is 0 Å². The summed E-state index contributed by atoms with van der Waals surface area (Å²) in [5, 5.41) is 0. The Hall–Kier alpha value is 0.337.